The monoisotopic (exact) mass is 316 g/mol. The number of terminal acetylenes is 1. The second-order valence-electron chi connectivity index (χ2n) is 5.16. The minimum atomic E-state index is -1.54. The van der Waals surface area contributed by atoms with Crippen LogP contribution in [0.4, 0.5) is 0 Å². The van der Waals surface area contributed by atoms with Gasteiger partial charge in [-0.05, 0) is 25.3 Å². The minimum Gasteiger partial charge on any atom is -0.233 e. The van der Waals surface area contributed by atoms with Crippen molar-refractivity contribution in [3.63, 3.8) is 0 Å². The summed E-state index contributed by atoms with van der Waals surface area (Å²) in [6.07, 6.45) is 6.30. The van der Waals surface area contributed by atoms with Gasteiger partial charge in [-0.2, -0.15) is 0 Å². The largest absolute Gasteiger partial charge is 0.233 e. The Balaban J connectivity index is 1.97. The highest BCUT2D eigenvalue weighted by atomic mass is 32.1. The Kier molecular flexibility index (Phi) is 4.77. The molecule has 2 nitrogen and oxygen atoms in total. The van der Waals surface area contributed by atoms with E-state index in [9.17, 15) is 0 Å². The van der Waals surface area contributed by atoms with Crippen LogP contribution in [0, 0.1) is 30.7 Å². The van der Waals surface area contributed by atoms with Crippen molar-refractivity contribution >= 4 is 30.7 Å². The van der Waals surface area contributed by atoms with E-state index >= 15 is 0 Å². The molecule has 102 valence electrons. The first kappa shape index (κ1) is 15.0. The molecule has 2 heterocycles. The molecule has 0 spiro atoms. The average molecular weight is 317 g/mol. The Labute approximate surface area is 129 Å². The molecule has 0 radical (unpaired) electrons. The number of thiazole rings is 2. The van der Waals surface area contributed by atoms with Crippen LogP contribution in [-0.2, 0) is 6.42 Å². The van der Waals surface area contributed by atoms with Gasteiger partial charge < -0.3 is 0 Å². The Bertz CT molecular complexity index is 695. The normalized spacial score (nSPS) is 10.7. The van der Waals surface area contributed by atoms with Gasteiger partial charge in [0.15, 0.2) is 0 Å². The van der Waals surface area contributed by atoms with Gasteiger partial charge in [-0.1, -0.05) is 19.0 Å². The van der Waals surface area contributed by atoms with Gasteiger partial charge in [0.25, 0.3) is 0 Å². The molecule has 0 aliphatic carbocycles. The highest BCUT2D eigenvalue weighted by Gasteiger charge is 2.18. The van der Waals surface area contributed by atoms with Crippen LogP contribution in [-0.4, -0.2) is 18.0 Å². The van der Waals surface area contributed by atoms with Crippen LogP contribution in [0.3, 0.4) is 0 Å². The molecule has 2 rings (SSSR count). The summed E-state index contributed by atoms with van der Waals surface area (Å²) in [4.78, 5) is 8.78. The zero-order valence-electron chi connectivity index (χ0n) is 11.9. The van der Waals surface area contributed by atoms with Gasteiger partial charge in [-0.3, -0.25) is 0 Å². The lowest BCUT2D eigenvalue weighted by Gasteiger charge is -2.12. The third-order valence-electron chi connectivity index (χ3n) is 2.81. The lowest BCUT2D eigenvalue weighted by atomic mass is 10.5. The van der Waals surface area contributed by atoms with Crippen molar-refractivity contribution in [1.29, 1.82) is 0 Å². The number of hydrogen-bond acceptors (Lipinski definition) is 4. The van der Waals surface area contributed by atoms with E-state index in [0.29, 0.717) is 0 Å². The van der Waals surface area contributed by atoms with Crippen LogP contribution in [0.2, 0.25) is 19.1 Å². The lowest BCUT2D eigenvalue weighted by Crippen LogP contribution is -2.23. The van der Waals surface area contributed by atoms with Gasteiger partial charge in [0.1, 0.15) is 19.5 Å². The maximum atomic E-state index is 5.33. The molecule has 0 unspecified atom stereocenters. The summed E-state index contributed by atoms with van der Waals surface area (Å²) in [7, 11) is -1.54. The van der Waals surface area contributed by atoms with E-state index in [4.69, 9.17) is 6.42 Å². The average Bonchev–Trinajstić information content (AvgIpc) is 3.03. The number of aromatic nitrogens is 2. The van der Waals surface area contributed by atoms with Crippen molar-refractivity contribution in [2.45, 2.75) is 32.5 Å². The highest BCUT2D eigenvalue weighted by molar-refractivity contribution is 7.10. The molecule has 0 N–H and O–H groups in total. The molecule has 2 aromatic rings. The molecular formula is C15H16N2S2Si. The second-order valence-corrected chi connectivity index (χ2v) is 11.7. The Hall–Kier alpha value is -1.40. The SMILES string of the molecule is C#Cc1csc(CC[Si](C)(C)C#Cc2csc(C)n2)n1. The van der Waals surface area contributed by atoms with Gasteiger partial charge in [-0.15, -0.1) is 34.6 Å². The van der Waals surface area contributed by atoms with Crippen LogP contribution in [0.1, 0.15) is 21.4 Å². The van der Waals surface area contributed by atoms with Gasteiger partial charge in [0.2, 0.25) is 0 Å². The van der Waals surface area contributed by atoms with Crippen LogP contribution in [0.5, 0.6) is 0 Å². The lowest BCUT2D eigenvalue weighted by molar-refractivity contribution is 1.06. The first-order valence-electron chi connectivity index (χ1n) is 6.35. The summed E-state index contributed by atoms with van der Waals surface area (Å²) >= 11 is 3.29. The second kappa shape index (κ2) is 6.36. The number of nitrogens with zero attached hydrogens (tertiary/aromatic N) is 2. The summed E-state index contributed by atoms with van der Waals surface area (Å²) in [6, 6.07) is 1.10. The van der Waals surface area contributed by atoms with Crippen LogP contribution in [0.25, 0.3) is 0 Å². The van der Waals surface area contributed by atoms with Crippen molar-refractivity contribution in [2.75, 3.05) is 0 Å². The summed E-state index contributed by atoms with van der Waals surface area (Å²) in [5, 5.41) is 6.14. The Morgan fingerprint density at radius 3 is 2.55 bits per heavy atom. The quantitative estimate of drug-likeness (QED) is 0.637. The van der Waals surface area contributed by atoms with Gasteiger partial charge >= 0.3 is 0 Å². The fraction of sp³-hybridized carbons (Fsp3) is 0.333. The first-order chi connectivity index (χ1) is 9.48. The topological polar surface area (TPSA) is 25.8 Å². The predicted molar refractivity (Wildman–Crippen MR) is 89.8 cm³/mol. The van der Waals surface area contributed by atoms with E-state index in [-0.39, 0.29) is 0 Å². The highest BCUT2D eigenvalue weighted by Crippen LogP contribution is 2.17. The zero-order valence-corrected chi connectivity index (χ0v) is 14.5. The van der Waals surface area contributed by atoms with Crippen LogP contribution >= 0.6 is 22.7 Å². The Morgan fingerprint density at radius 1 is 1.20 bits per heavy atom. The number of rotatable bonds is 3. The molecule has 0 aromatic carbocycles. The molecule has 0 saturated heterocycles. The maximum absolute atomic E-state index is 5.33. The van der Waals surface area contributed by atoms with E-state index < -0.39 is 8.07 Å². The summed E-state index contributed by atoms with van der Waals surface area (Å²) in [5.41, 5.74) is 5.09. The zero-order chi connectivity index (χ0) is 14.6. The fourth-order valence-electron chi connectivity index (χ4n) is 1.63. The first-order valence-corrected chi connectivity index (χ1v) is 11.3. The fourth-order valence-corrected chi connectivity index (χ4v) is 4.55. The van der Waals surface area contributed by atoms with Crippen molar-refractivity contribution in [2.24, 2.45) is 0 Å². The van der Waals surface area contributed by atoms with Gasteiger partial charge in [0, 0.05) is 10.8 Å². The third kappa shape index (κ3) is 4.31. The summed E-state index contributed by atoms with van der Waals surface area (Å²) < 4.78 is 0. The van der Waals surface area contributed by atoms with Crippen molar-refractivity contribution < 1.29 is 0 Å². The minimum absolute atomic E-state index is 0.744. The van der Waals surface area contributed by atoms with Crippen LogP contribution in [0.15, 0.2) is 10.8 Å². The van der Waals surface area contributed by atoms with Crippen LogP contribution < -0.4 is 0 Å². The molecule has 0 saturated carbocycles. The Morgan fingerprint density at radius 2 is 1.95 bits per heavy atom. The van der Waals surface area contributed by atoms with E-state index in [1.54, 1.807) is 22.7 Å². The predicted octanol–water partition coefficient (Wildman–Crippen LogP) is 3.73. The molecule has 2 aromatic heterocycles. The molecule has 0 aliphatic heterocycles. The molecule has 0 bridgehead atoms. The summed E-state index contributed by atoms with van der Waals surface area (Å²) in [5.74, 6) is 5.79. The smallest absolute Gasteiger partial charge is 0.133 e. The maximum Gasteiger partial charge on any atom is 0.133 e. The molecule has 0 fully saturated rings. The third-order valence-corrected chi connectivity index (χ3v) is 6.80. The van der Waals surface area contributed by atoms with Gasteiger partial charge in [0.05, 0.1) is 10.0 Å². The molecule has 0 aliphatic rings. The molecule has 0 atom stereocenters. The van der Waals surface area contributed by atoms with Crippen molar-refractivity contribution in [3.05, 3.63) is 32.2 Å². The van der Waals surface area contributed by atoms with Crippen molar-refractivity contribution in [1.82, 2.24) is 9.97 Å². The standard InChI is InChI=1S/C15H16N2S2Si/c1-5-13-10-19-15(17-13)7-9-20(3,4)8-6-14-11-18-12(2)16-14/h1,10-11H,7,9H2,2-4H3. The van der Waals surface area contributed by atoms with E-state index in [1.165, 1.54) is 0 Å². The summed E-state index contributed by atoms with van der Waals surface area (Å²) in [6.45, 7) is 6.58. The van der Waals surface area contributed by atoms with E-state index in [1.807, 2.05) is 17.7 Å². The molecule has 20 heavy (non-hydrogen) atoms. The number of aryl methyl sites for hydroxylation is 2. The molecular weight excluding hydrogens is 300 g/mol. The van der Waals surface area contributed by atoms with E-state index in [2.05, 4.69) is 40.4 Å². The molecule has 0 amide bonds. The van der Waals surface area contributed by atoms with Crippen molar-refractivity contribution in [3.8, 4) is 23.8 Å². The van der Waals surface area contributed by atoms with Gasteiger partial charge in [-0.25, -0.2) is 9.97 Å². The number of hydrogen-bond donors (Lipinski definition) is 0. The van der Waals surface area contributed by atoms with E-state index in [0.717, 1.165) is 33.9 Å². The molecule has 5 heteroatoms.